The predicted octanol–water partition coefficient (Wildman–Crippen LogP) is 3.94. The summed E-state index contributed by atoms with van der Waals surface area (Å²) in [6.07, 6.45) is 0.932. The van der Waals surface area contributed by atoms with E-state index in [0.717, 1.165) is 13.0 Å². The van der Waals surface area contributed by atoms with Crippen LogP contribution in [0, 0.1) is 25.5 Å². The number of nitrogens with zero attached hydrogens (tertiary/aromatic N) is 2. The van der Waals surface area contributed by atoms with Crippen molar-refractivity contribution < 1.29 is 8.78 Å². The molecule has 6 heteroatoms. The van der Waals surface area contributed by atoms with E-state index in [0.29, 0.717) is 23.0 Å². The van der Waals surface area contributed by atoms with Gasteiger partial charge in [0, 0.05) is 18.3 Å². The lowest BCUT2D eigenvalue weighted by Gasteiger charge is -2.11. The lowest BCUT2D eigenvalue weighted by molar-refractivity contribution is 0.584. The molecule has 0 unspecified atom stereocenters. The average molecular weight is 292 g/mol. The molecule has 2 aromatic rings. The number of halogens is 2. The van der Waals surface area contributed by atoms with E-state index in [-0.39, 0.29) is 5.69 Å². The van der Waals surface area contributed by atoms with Crippen molar-refractivity contribution in [3.63, 3.8) is 0 Å². The van der Waals surface area contributed by atoms with Crippen molar-refractivity contribution in [3.05, 3.63) is 41.1 Å². The predicted molar refractivity (Wildman–Crippen MR) is 79.9 cm³/mol. The first-order chi connectivity index (χ1) is 10.0. The Balaban J connectivity index is 2.31. The highest BCUT2D eigenvalue weighted by atomic mass is 19.1. The Morgan fingerprint density at radius 3 is 2.62 bits per heavy atom. The molecule has 2 N–H and O–H groups in total. The number of hydrogen-bond donors (Lipinski definition) is 2. The Bertz CT molecular complexity index is 644. The van der Waals surface area contributed by atoms with Crippen LogP contribution in [0.5, 0.6) is 0 Å². The van der Waals surface area contributed by atoms with Crippen LogP contribution >= 0.6 is 0 Å². The van der Waals surface area contributed by atoms with Crippen LogP contribution in [0.2, 0.25) is 0 Å². The summed E-state index contributed by atoms with van der Waals surface area (Å²) in [7, 11) is 0. The molecule has 1 heterocycles. The lowest BCUT2D eigenvalue weighted by atomic mass is 10.2. The highest BCUT2D eigenvalue weighted by Gasteiger charge is 2.13. The Morgan fingerprint density at radius 2 is 1.90 bits per heavy atom. The molecule has 0 aliphatic heterocycles. The second-order valence-electron chi connectivity index (χ2n) is 4.82. The minimum atomic E-state index is -0.655. The molecule has 0 bridgehead atoms. The zero-order valence-corrected chi connectivity index (χ0v) is 12.3. The number of anilines is 3. The Hall–Kier alpha value is -2.24. The molecule has 0 fully saturated rings. The number of rotatable bonds is 5. The summed E-state index contributed by atoms with van der Waals surface area (Å²) in [5.41, 5.74) is 0.878. The summed E-state index contributed by atoms with van der Waals surface area (Å²) in [5, 5.41) is 5.75. The van der Waals surface area contributed by atoms with Gasteiger partial charge in [0.25, 0.3) is 0 Å². The van der Waals surface area contributed by atoms with Crippen molar-refractivity contribution >= 4 is 17.5 Å². The highest BCUT2D eigenvalue weighted by Crippen LogP contribution is 2.25. The Kier molecular flexibility index (Phi) is 4.67. The first-order valence-electron chi connectivity index (χ1n) is 6.82. The van der Waals surface area contributed by atoms with E-state index in [2.05, 4.69) is 20.6 Å². The van der Waals surface area contributed by atoms with Gasteiger partial charge in [0.05, 0.1) is 0 Å². The average Bonchev–Trinajstić information content (AvgIpc) is 2.45. The standard InChI is InChI=1S/C15H18F2N4/c1-4-7-18-15-19-10(3)8-12(21-15)20-14-11(16)6-5-9(2)13(14)17/h5-6,8H,4,7H2,1-3H3,(H2,18,19,20,21). The van der Waals surface area contributed by atoms with Gasteiger partial charge in [-0.05, 0) is 31.9 Å². The van der Waals surface area contributed by atoms with E-state index in [1.54, 1.807) is 19.9 Å². The molecule has 0 radical (unpaired) electrons. The summed E-state index contributed by atoms with van der Waals surface area (Å²) >= 11 is 0. The lowest BCUT2D eigenvalue weighted by Crippen LogP contribution is -2.08. The summed E-state index contributed by atoms with van der Waals surface area (Å²) < 4.78 is 27.7. The van der Waals surface area contributed by atoms with Crippen molar-refractivity contribution in [2.24, 2.45) is 0 Å². The molecule has 0 aliphatic carbocycles. The van der Waals surface area contributed by atoms with E-state index in [4.69, 9.17) is 0 Å². The summed E-state index contributed by atoms with van der Waals surface area (Å²) in [6.45, 7) is 6.14. The van der Waals surface area contributed by atoms with Gasteiger partial charge in [-0.2, -0.15) is 4.98 Å². The van der Waals surface area contributed by atoms with Crippen LogP contribution < -0.4 is 10.6 Å². The van der Waals surface area contributed by atoms with Crippen molar-refractivity contribution in [2.75, 3.05) is 17.2 Å². The van der Waals surface area contributed by atoms with Gasteiger partial charge < -0.3 is 10.6 Å². The molecule has 1 aromatic carbocycles. The molecule has 1 aromatic heterocycles. The molecule has 0 aliphatic rings. The first-order valence-corrected chi connectivity index (χ1v) is 6.82. The van der Waals surface area contributed by atoms with E-state index >= 15 is 0 Å². The maximum atomic E-state index is 14.0. The van der Waals surface area contributed by atoms with Gasteiger partial charge in [0.1, 0.15) is 17.3 Å². The Labute approximate surface area is 122 Å². The SMILES string of the molecule is CCCNc1nc(C)cc(Nc2c(F)ccc(C)c2F)n1. The largest absolute Gasteiger partial charge is 0.354 e. The normalized spacial score (nSPS) is 10.5. The first kappa shape index (κ1) is 15.2. The van der Waals surface area contributed by atoms with Gasteiger partial charge in [0.15, 0.2) is 5.82 Å². The third kappa shape index (κ3) is 3.65. The molecule has 112 valence electrons. The second-order valence-corrected chi connectivity index (χ2v) is 4.82. The second kappa shape index (κ2) is 6.47. The number of aryl methyl sites for hydroxylation is 2. The Morgan fingerprint density at radius 1 is 1.14 bits per heavy atom. The highest BCUT2D eigenvalue weighted by molar-refractivity contribution is 5.60. The number of benzene rings is 1. The summed E-state index contributed by atoms with van der Waals surface area (Å²) in [4.78, 5) is 8.44. The van der Waals surface area contributed by atoms with Gasteiger partial charge in [-0.1, -0.05) is 13.0 Å². The van der Waals surface area contributed by atoms with E-state index in [9.17, 15) is 8.78 Å². The zero-order chi connectivity index (χ0) is 15.4. The minimum absolute atomic E-state index is 0.199. The third-order valence-electron chi connectivity index (χ3n) is 2.92. The van der Waals surface area contributed by atoms with Crippen LogP contribution in [-0.2, 0) is 0 Å². The maximum Gasteiger partial charge on any atom is 0.224 e. The zero-order valence-electron chi connectivity index (χ0n) is 12.3. The van der Waals surface area contributed by atoms with Gasteiger partial charge in [0.2, 0.25) is 5.95 Å². The smallest absolute Gasteiger partial charge is 0.224 e. The maximum absolute atomic E-state index is 14.0. The van der Waals surface area contributed by atoms with Crippen LogP contribution in [0.1, 0.15) is 24.6 Å². The van der Waals surface area contributed by atoms with Crippen LogP contribution in [0.15, 0.2) is 18.2 Å². The molecule has 0 saturated carbocycles. The molecular weight excluding hydrogens is 274 g/mol. The van der Waals surface area contributed by atoms with Crippen molar-refractivity contribution in [2.45, 2.75) is 27.2 Å². The third-order valence-corrected chi connectivity index (χ3v) is 2.92. The molecule has 2 rings (SSSR count). The monoisotopic (exact) mass is 292 g/mol. The van der Waals surface area contributed by atoms with Crippen LogP contribution in [0.25, 0.3) is 0 Å². The quantitative estimate of drug-likeness (QED) is 0.876. The van der Waals surface area contributed by atoms with Gasteiger partial charge in [-0.3, -0.25) is 0 Å². The molecule has 0 amide bonds. The van der Waals surface area contributed by atoms with Crippen LogP contribution in [0.4, 0.5) is 26.2 Å². The van der Waals surface area contributed by atoms with E-state index in [1.165, 1.54) is 12.1 Å². The number of nitrogens with one attached hydrogen (secondary N) is 2. The van der Waals surface area contributed by atoms with Crippen LogP contribution in [-0.4, -0.2) is 16.5 Å². The molecule has 21 heavy (non-hydrogen) atoms. The molecule has 0 spiro atoms. The van der Waals surface area contributed by atoms with Crippen molar-refractivity contribution in [3.8, 4) is 0 Å². The number of aromatic nitrogens is 2. The molecular formula is C15H18F2N4. The summed E-state index contributed by atoms with van der Waals surface area (Å²) in [6, 6.07) is 4.26. The topological polar surface area (TPSA) is 49.8 Å². The van der Waals surface area contributed by atoms with E-state index in [1.807, 2.05) is 6.92 Å². The molecule has 0 saturated heterocycles. The van der Waals surface area contributed by atoms with Gasteiger partial charge in [-0.15, -0.1) is 0 Å². The van der Waals surface area contributed by atoms with Crippen molar-refractivity contribution in [1.29, 1.82) is 0 Å². The minimum Gasteiger partial charge on any atom is -0.354 e. The van der Waals surface area contributed by atoms with E-state index < -0.39 is 11.6 Å². The van der Waals surface area contributed by atoms with Gasteiger partial charge >= 0.3 is 0 Å². The van der Waals surface area contributed by atoms with Crippen LogP contribution in [0.3, 0.4) is 0 Å². The fourth-order valence-electron chi connectivity index (χ4n) is 1.85. The molecule has 4 nitrogen and oxygen atoms in total. The fourth-order valence-corrected chi connectivity index (χ4v) is 1.85. The molecule has 0 atom stereocenters. The number of hydrogen-bond acceptors (Lipinski definition) is 4. The fraction of sp³-hybridized carbons (Fsp3) is 0.333. The van der Waals surface area contributed by atoms with Crippen molar-refractivity contribution in [1.82, 2.24) is 9.97 Å². The summed E-state index contributed by atoms with van der Waals surface area (Å²) in [5.74, 6) is -0.482. The van der Waals surface area contributed by atoms with Gasteiger partial charge in [-0.25, -0.2) is 13.8 Å².